The van der Waals surface area contributed by atoms with E-state index in [9.17, 15) is 8.78 Å². The number of anilines is 1. The Bertz CT molecular complexity index is 800. The van der Waals surface area contributed by atoms with Crippen LogP contribution in [0.2, 0.25) is 5.02 Å². The quantitative estimate of drug-likeness (QED) is 0.757. The van der Waals surface area contributed by atoms with Crippen molar-refractivity contribution in [2.24, 2.45) is 0 Å². The van der Waals surface area contributed by atoms with E-state index in [1.165, 1.54) is 36.4 Å². The van der Waals surface area contributed by atoms with Crippen molar-refractivity contribution in [3.63, 3.8) is 0 Å². The van der Waals surface area contributed by atoms with Crippen molar-refractivity contribution in [2.45, 2.75) is 0 Å². The van der Waals surface area contributed by atoms with Gasteiger partial charge in [0.1, 0.15) is 11.6 Å². The van der Waals surface area contributed by atoms with Gasteiger partial charge in [0.05, 0.1) is 10.6 Å². The first-order valence-electron chi connectivity index (χ1n) is 6.03. The summed E-state index contributed by atoms with van der Waals surface area (Å²) in [5, 5.41) is 3.60. The average Bonchev–Trinajstić information content (AvgIpc) is 2.85. The van der Waals surface area contributed by atoms with Gasteiger partial charge >= 0.3 is 0 Å². The molecule has 6 heteroatoms. The Hall–Kier alpha value is -2.40. The normalized spacial score (nSPS) is 10.8. The highest BCUT2D eigenvalue weighted by molar-refractivity contribution is 6.33. The molecule has 0 unspecified atom stereocenters. The first kappa shape index (κ1) is 13.6. The van der Waals surface area contributed by atoms with Crippen LogP contribution in [0.5, 0.6) is 0 Å². The van der Waals surface area contributed by atoms with Crippen LogP contribution in [0.4, 0.5) is 14.6 Å². The maximum atomic E-state index is 13.6. The minimum absolute atomic E-state index is 0.0861. The number of benzene rings is 2. The van der Waals surface area contributed by atoms with Gasteiger partial charge in [-0.25, -0.2) is 8.78 Å². The van der Waals surface area contributed by atoms with E-state index in [4.69, 9.17) is 21.9 Å². The van der Waals surface area contributed by atoms with Gasteiger partial charge in [-0.15, -0.1) is 0 Å². The van der Waals surface area contributed by atoms with E-state index in [0.29, 0.717) is 16.7 Å². The molecule has 0 bridgehead atoms. The molecule has 0 radical (unpaired) electrons. The van der Waals surface area contributed by atoms with Crippen LogP contribution in [0.25, 0.3) is 22.5 Å². The standard InChI is InChI=1S/C15H9ClF2N2O/c16-13-10(2-1-3-11(13)18)14-12(15(19)20-21-14)8-4-6-9(17)7-5-8/h1-7H,(H2,19,20). The van der Waals surface area contributed by atoms with Gasteiger partial charge in [0.15, 0.2) is 11.6 Å². The molecule has 3 aromatic rings. The zero-order valence-electron chi connectivity index (χ0n) is 10.6. The third kappa shape index (κ3) is 2.36. The van der Waals surface area contributed by atoms with Crippen LogP contribution in [-0.4, -0.2) is 5.16 Å². The summed E-state index contributed by atoms with van der Waals surface area (Å²) in [4.78, 5) is 0. The van der Waals surface area contributed by atoms with Crippen molar-refractivity contribution in [1.82, 2.24) is 5.16 Å². The van der Waals surface area contributed by atoms with E-state index in [-0.39, 0.29) is 22.4 Å². The fourth-order valence-corrected chi connectivity index (χ4v) is 2.27. The second-order valence-corrected chi connectivity index (χ2v) is 4.76. The number of aromatic nitrogens is 1. The smallest absolute Gasteiger partial charge is 0.178 e. The van der Waals surface area contributed by atoms with Crippen LogP contribution in [0.3, 0.4) is 0 Å². The van der Waals surface area contributed by atoms with Crippen molar-refractivity contribution in [3.8, 4) is 22.5 Å². The molecular formula is C15H9ClF2N2O. The Balaban J connectivity index is 2.22. The molecule has 0 saturated carbocycles. The maximum Gasteiger partial charge on any atom is 0.178 e. The van der Waals surface area contributed by atoms with Gasteiger partial charge in [-0.3, -0.25) is 0 Å². The largest absolute Gasteiger partial charge is 0.380 e. The molecule has 0 amide bonds. The lowest BCUT2D eigenvalue weighted by atomic mass is 10.0. The number of nitrogens with two attached hydrogens (primary N) is 1. The first-order valence-corrected chi connectivity index (χ1v) is 6.41. The van der Waals surface area contributed by atoms with Crippen molar-refractivity contribution in [1.29, 1.82) is 0 Å². The summed E-state index contributed by atoms with van der Waals surface area (Å²) in [6, 6.07) is 9.99. The minimum Gasteiger partial charge on any atom is -0.380 e. The minimum atomic E-state index is -0.575. The summed E-state index contributed by atoms with van der Waals surface area (Å²) < 4.78 is 31.8. The first-order chi connectivity index (χ1) is 10.1. The second kappa shape index (κ2) is 5.18. The highest BCUT2D eigenvalue weighted by Crippen LogP contribution is 2.40. The summed E-state index contributed by atoms with van der Waals surface area (Å²) in [6.07, 6.45) is 0. The highest BCUT2D eigenvalue weighted by Gasteiger charge is 2.21. The van der Waals surface area contributed by atoms with E-state index in [0.717, 1.165) is 0 Å². The molecule has 0 aliphatic carbocycles. The van der Waals surface area contributed by atoms with Gasteiger partial charge in [-0.2, -0.15) is 0 Å². The summed E-state index contributed by atoms with van der Waals surface area (Å²) in [5.41, 5.74) is 7.18. The lowest BCUT2D eigenvalue weighted by Crippen LogP contribution is -1.90. The Morgan fingerprint density at radius 1 is 1.05 bits per heavy atom. The fraction of sp³-hybridized carbons (Fsp3) is 0. The zero-order valence-corrected chi connectivity index (χ0v) is 11.4. The molecule has 1 heterocycles. The highest BCUT2D eigenvalue weighted by atomic mass is 35.5. The van der Waals surface area contributed by atoms with Gasteiger partial charge in [0.2, 0.25) is 0 Å². The van der Waals surface area contributed by atoms with E-state index in [1.807, 2.05) is 0 Å². The molecule has 0 saturated heterocycles. The Morgan fingerprint density at radius 3 is 2.48 bits per heavy atom. The van der Waals surface area contributed by atoms with Crippen LogP contribution < -0.4 is 5.73 Å². The predicted molar refractivity (Wildman–Crippen MR) is 76.7 cm³/mol. The Labute approximate surface area is 123 Å². The number of hydrogen-bond donors (Lipinski definition) is 1. The summed E-state index contributed by atoms with van der Waals surface area (Å²) in [7, 11) is 0. The third-order valence-electron chi connectivity index (χ3n) is 3.05. The molecule has 0 atom stereocenters. The van der Waals surface area contributed by atoms with E-state index < -0.39 is 5.82 Å². The van der Waals surface area contributed by atoms with Crippen LogP contribution in [0.15, 0.2) is 47.0 Å². The molecule has 21 heavy (non-hydrogen) atoms. The fourth-order valence-electron chi connectivity index (χ4n) is 2.06. The number of nitrogens with zero attached hydrogens (tertiary/aromatic N) is 1. The van der Waals surface area contributed by atoms with Crippen LogP contribution in [-0.2, 0) is 0 Å². The molecule has 0 spiro atoms. The van der Waals surface area contributed by atoms with Gasteiger partial charge < -0.3 is 10.3 Å². The summed E-state index contributed by atoms with van der Waals surface area (Å²) in [6.45, 7) is 0. The number of rotatable bonds is 2. The third-order valence-corrected chi connectivity index (χ3v) is 3.43. The van der Waals surface area contributed by atoms with Gasteiger partial charge in [-0.05, 0) is 29.8 Å². The van der Waals surface area contributed by atoms with Gasteiger partial charge in [0.25, 0.3) is 0 Å². The molecule has 2 N–H and O–H groups in total. The van der Waals surface area contributed by atoms with E-state index >= 15 is 0 Å². The lowest BCUT2D eigenvalue weighted by Gasteiger charge is -2.05. The van der Waals surface area contributed by atoms with Crippen molar-refractivity contribution in [3.05, 3.63) is 59.1 Å². The molecule has 0 fully saturated rings. The zero-order chi connectivity index (χ0) is 15.0. The van der Waals surface area contributed by atoms with Crippen LogP contribution >= 0.6 is 11.6 Å². The van der Waals surface area contributed by atoms with E-state index in [2.05, 4.69) is 5.16 Å². The number of halogens is 3. The maximum absolute atomic E-state index is 13.6. The molecule has 0 aliphatic heterocycles. The summed E-state index contributed by atoms with van der Waals surface area (Å²) >= 11 is 5.96. The molecule has 3 nitrogen and oxygen atoms in total. The topological polar surface area (TPSA) is 52.0 Å². The molecule has 106 valence electrons. The van der Waals surface area contributed by atoms with Crippen molar-refractivity contribution in [2.75, 3.05) is 5.73 Å². The molecule has 3 rings (SSSR count). The summed E-state index contributed by atoms with van der Waals surface area (Å²) in [5.74, 6) is -0.589. The molecule has 0 aliphatic rings. The Kier molecular flexibility index (Phi) is 3.35. The predicted octanol–water partition coefficient (Wildman–Crippen LogP) is 4.52. The van der Waals surface area contributed by atoms with Gasteiger partial charge in [0, 0.05) is 5.56 Å². The average molecular weight is 307 g/mol. The molecule has 2 aromatic carbocycles. The molecular weight excluding hydrogens is 298 g/mol. The van der Waals surface area contributed by atoms with Crippen molar-refractivity contribution < 1.29 is 13.3 Å². The van der Waals surface area contributed by atoms with E-state index in [1.54, 1.807) is 6.07 Å². The monoisotopic (exact) mass is 306 g/mol. The van der Waals surface area contributed by atoms with Crippen molar-refractivity contribution >= 4 is 17.4 Å². The van der Waals surface area contributed by atoms with Crippen LogP contribution in [0, 0.1) is 11.6 Å². The SMILES string of the molecule is Nc1noc(-c2cccc(F)c2Cl)c1-c1ccc(F)cc1. The van der Waals surface area contributed by atoms with Crippen LogP contribution in [0.1, 0.15) is 0 Å². The Morgan fingerprint density at radius 2 is 1.76 bits per heavy atom. The lowest BCUT2D eigenvalue weighted by molar-refractivity contribution is 0.436. The number of nitrogen functional groups attached to an aromatic ring is 1. The second-order valence-electron chi connectivity index (χ2n) is 4.38. The number of hydrogen-bond acceptors (Lipinski definition) is 3. The molecule has 1 aromatic heterocycles. The van der Waals surface area contributed by atoms with Gasteiger partial charge in [-0.1, -0.05) is 35.0 Å².